The second-order valence-corrected chi connectivity index (χ2v) is 11.9. The van der Waals surface area contributed by atoms with E-state index >= 15 is 0 Å². The summed E-state index contributed by atoms with van der Waals surface area (Å²) in [5.41, 5.74) is 0.0301. The van der Waals surface area contributed by atoms with E-state index in [9.17, 15) is 9.59 Å². The zero-order valence-corrected chi connectivity index (χ0v) is 21.6. The number of ether oxygens (including phenoxy) is 1. The minimum absolute atomic E-state index is 0.175. The lowest BCUT2D eigenvalue weighted by molar-refractivity contribution is -0.140. The van der Waals surface area contributed by atoms with Crippen LogP contribution in [0, 0.1) is 40.4 Å². The van der Waals surface area contributed by atoms with Gasteiger partial charge in [-0.25, -0.2) is 0 Å². The van der Waals surface area contributed by atoms with E-state index in [2.05, 4.69) is 32.6 Å². The van der Waals surface area contributed by atoms with E-state index in [1.54, 1.807) is 0 Å². The van der Waals surface area contributed by atoms with Gasteiger partial charge in [0.25, 0.3) is 0 Å². The van der Waals surface area contributed by atoms with E-state index < -0.39 is 0 Å². The molecule has 182 valence electrons. The molecule has 2 aliphatic rings. The Morgan fingerprint density at radius 2 is 1.56 bits per heavy atom. The van der Waals surface area contributed by atoms with Gasteiger partial charge in [0.05, 0.1) is 6.61 Å². The molecule has 1 saturated carbocycles. The maximum absolute atomic E-state index is 12.7. The van der Waals surface area contributed by atoms with Crippen LogP contribution in [0.25, 0.3) is 0 Å². The first-order valence-corrected chi connectivity index (χ1v) is 12.5. The summed E-state index contributed by atoms with van der Waals surface area (Å²) in [7, 11) is 1.89. The first-order chi connectivity index (χ1) is 14.9. The van der Waals surface area contributed by atoms with Gasteiger partial charge in [-0.3, -0.25) is 9.59 Å². The van der Waals surface area contributed by atoms with Crippen LogP contribution in [0.3, 0.4) is 0 Å². The summed E-state index contributed by atoms with van der Waals surface area (Å²) in [5, 5.41) is 0. The zero-order valence-electron chi connectivity index (χ0n) is 21.6. The lowest BCUT2D eigenvalue weighted by atomic mass is 9.69. The molecule has 5 heteroatoms. The van der Waals surface area contributed by atoms with Crippen molar-refractivity contribution >= 4 is 11.8 Å². The number of carbonyl (C=O) groups is 2. The number of likely N-dealkylation sites (tertiary alicyclic amines) is 1. The van der Waals surface area contributed by atoms with Gasteiger partial charge in [0.15, 0.2) is 0 Å². The van der Waals surface area contributed by atoms with Gasteiger partial charge in [0.1, 0.15) is 6.61 Å². The Labute approximate surface area is 196 Å². The monoisotopic (exact) mass is 446 g/mol. The molecule has 0 radical (unpaired) electrons. The van der Waals surface area contributed by atoms with Gasteiger partial charge in [-0.2, -0.15) is 0 Å². The van der Waals surface area contributed by atoms with Crippen LogP contribution in [0.15, 0.2) is 0 Å². The van der Waals surface area contributed by atoms with Crippen LogP contribution in [0.1, 0.15) is 80.1 Å². The van der Waals surface area contributed by atoms with Crippen molar-refractivity contribution in [2.75, 3.05) is 39.9 Å². The number of likely N-dealkylation sites (N-methyl/N-ethyl adjacent to an activating group) is 1. The van der Waals surface area contributed by atoms with Crippen LogP contribution in [0.5, 0.6) is 0 Å². The van der Waals surface area contributed by atoms with E-state index in [4.69, 9.17) is 4.74 Å². The molecule has 2 fully saturated rings. The van der Waals surface area contributed by atoms with Crippen LogP contribution in [-0.4, -0.2) is 61.5 Å². The molecular weight excluding hydrogens is 400 g/mol. The van der Waals surface area contributed by atoms with E-state index in [-0.39, 0.29) is 23.1 Å². The molecule has 2 amide bonds. The van der Waals surface area contributed by atoms with Gasteiger partial charge in [0.2, 0.25) is 11.8 Å². The number of hydrogen-bond acceptors (Lipinski definition) is 3. The van der Waals surface area contributed by atoms with Gasteiger partial charge in [-0.05, 0) is 49.9 Å². The summed E-state index contributed by atoms with van der Waals surface area (Å²) in [6.07, 6.45) is 6.20. The summed E-state index contributed by atoms with van der Waals surface area (Å²) >= 11 is 0. The molecule has 1 aliphatic carbocycles. The summed E-state index contributed by atoms with van der Waals surface area (Å²) < 4.78 is 5.67. The molecule has 0 aromatic rings. The highest BCUT2D eigenvalue weighted by molar-refractivity contribution is 5.81. The fraction of sp³-hybridized carbons (Fsp3) is 0.852. The average molecular weight is 447 g/mol. The number of amides is 2. The highest BCUT2D eigenvalue weighted by atomic mass is 16.5. The molecule has 1 aliphatic heterocycles. The van der Waals surface area contributed by atoms with Gasteiger partial charge in [0, 0.05) is 43.9 Å². The van der Waals surface area contributed by atoms with Crippen molar-refractivity contribution in [2.45, 2.75) is 80.1 Å². The van der Waals surface area contributed by atoms with Crippen molar-refractivity contribution in [3.63, 3.8) is 0 Å². The third-order valence-electron chi connectivity index (χ3n) is 7.15. The molecular formula is C27H46N2O3. The predicted molar refractivity (Wildman–Crippen MR) is 130 cm³/mol. The lowest BCUT2D eigenvalue weighted by Crippen LogP contribution is -2.43. The Morgan fingerprint density at radius 1 is 0.969 bits per heavy atom. The molecule has 2 rings (SSSR count). The van der Waals surface area contributed by atoms with Gasteiger partial charge >= 0.3 is 0 Å². The second-order valence-electron chi connectivity index (χ2n) is 11.9. The zero-order chi connectivity index (χ0) is 23.9. The summed E-state index contributed by atoms with van der Waals surface area (Å²) in [5.74, 6) is 8.18. The van der Waals surface area contributed by atoms with E-state index in [0.717, 1.165) is 57.5 Å². The number of piperidine rings is 1. The molecule has 0 aromatic heterocycles. The Hall–Kier alpha value is -1.54. The lowest BCUT2D eigenvalue weighted by Gasteiger charge is -2.37. The summed E-state index contributed by atoms with van der Waals surface area (Å²) in [4.78, 5) is 28.9. The van der Waals surface area contributed by atoms with Crippen molar-refractivity contribution in [1.29, 1.82) is 0 Å². The highest BCUT2D eigenvalue weighted by Crippen LogP contribution is 2.40. The third-order valence-corrected chi connectivity index (χ3v) is 7.15. The molecule has 0 unspecified atom stereocenters. The smallest absolute Gasteiger partial charge is 0.227 e. The van der Waals surface area contributed by atoms with Crippen molar-refractivity contribution in [3.8, 4) is 11.8 Å². The normalized spacial score (nSPS) is 22.8. The van der Waals surface area contributed by atoms with Gasteiger partial charge in [-0.1, -0.05) is 53.4 Å². The molecule has 0 N–H and O–H groups in total. The van der Waals surface area contributed by atoms with Crippen LogP contribution >= 0.6 is 0 Å². The van der Waals surface area contributed by atoms with Gasteiger partial charge in [-0.15, -0.1) is 0 Å². The largest absolute Gasteiger partial charge is 0.367 e. The molecule has 1 saturated heterocycles. The summed E-state index contributed by atoms with van der Waals surface area (Å²) in [6, 6.07) is 0. The molecule has 0 bridgehead atoms. The van der Waals surface area contributed by atoms with Gasteiger partial charge < -0.3 is 14.5 Å². The van der Waals surface area contributed by atoms with E-state index in [1.807, 2.05) is 37.6 Å². The highest BCUT2D eigenvalue weighted by Gasteiger charge is 2.33. The predicted octanol–water partition coefficient (Wildman–Crippen LogP) is 4.60. The molecule has 1 heterocycles. The molecule has 0 atom stereocenters. The minimum atomic E-state index is -0.313. The number of nitrogens with zero attached hydrogens (tertiary/aromatic N) is 2. The Bertz CT molecular complexity index is 676. The summed E-state index contributed by atoms with van der Waals surface area (Å²) in [6.45, 7) is 16.0. The topological polar surface area (TPSA) is 49.9 Å². The van der Waals surface area contributed by atoms with Crippen LogP contribution in [0.4, 0.5) is 0 Å². The number of hydrogen-bond donors (Lipinski definition) is 0. The van der Waals surface area contributed by atoms with Crippen molar-refractivity contribution in [1.82, 2.24) is 9.80 Å². The van der Waals surface area contributed by atoms with Crippen molar-refractivity contribution in [3.05, 3.63) is 0 Å². The minimum Gasteiger partial charge on any atom is -0.367 e. The maximum atomic E-state index is 12.7. The molecule has 0 spiro atoms. The molecule has 0 aromatic carbocycles. The fourth-order valence-corrected chi connectivity index (χ4v) is 4.84. The molecule has 5 nitrogen and oxygen atoms in total. The fourth-order valence-electron chi connectivity index (χ4n) is 4.84. The van der Waals surface area contributed by atoms with Crippen molar-refractivity contribution in [2.24, 2.45) is 28.6 Å². The Kier molecular flexibility index (Phi) is 9.64. The second kappa shape index (κ2) is 11.5. The van der Waals surface area contributed by atoms with Crippen LogP contribution in [0.2, 0.25) is 0 Å². The first kappa shape index (κ1) is 26.7. The van der Waals surface area contributed by atoms with Crippen LogP contribution in [-0.2, 0) is 14.3 Å². The number of rotatable bonds is 5. The van der Waals surface area contributed by atoms with Crippen molar-refractivity contribution < 1.29 is 14.3 Å². The number of carbonyl (C=O) groups excluding carboxylic acids is 2. The van der Waals surface area contributed by atoms with E-state index in [1.165, 1.54) is 0 Å². The average Bonchev–Trinajstić information content (AvgIpc) is 2.74. The third kappa shape index (κ3) is 8.10. The standard InChI is InChI=1S/C27H46N2O3/c1-26(2,3)23-12-10-22(11-13-23)24(30)28(7)18-20-32-19-8-9-21-14-16-29(17-15-21)25(31)27(4,5)6/h21-23H,10-20H2,1-7H3. The van der Waals surface area contributed by atoms with Crippen LogP contribution < -0.4 is 0 Å². The maximum Gasteiger partial charge on any atom is 0.227 e. The first-order valence-electron chi connectivity index (χ1n) is 12.5. The molecule has 32 heavy (non-hydrogen) atoms. The quantitative estimate of drug-likeness (QED) is 0.458. The Balaban J connectivity index is 1.60. The Morgan fingerprint density at radius 3 is 2.09 bits per heavy atom. The van der Waals surface area contributed by atoms with E-state index in [0.29, 0.717) is 31.1 Å². The SMILES string of the molecule is CN(CCOCC#CC1CCN(C(=O)C(C)(C)C)CC1)C(=O)C1CCC(C(C)(C)C)CC1.